The number of carbonyl (C=O) groups is 2. The number of amides is 1. The molecule has 1 amide bonds. The second-order valence-electron chi connectivity index (χ2n) is 6.98. The third-order valence-corrected chi connectivity index (χ3v) is 5.27. The van der Waals surface area contributed by atoms with Crippen molar-refractivity contribution in [3.63, 3.8) is 0 Å². The number of rotatable bonds is 2. The van der Waals surface area contributed by atoms with E-state index in [1.807, 2.05) is 18.2 Å². The van der Waals surface area contributed by atoms with E-state index in [-0.39, 0.29) is 29.4 Å². The van der Waals surface area contributed by atoms with E-state index in [4.69, 9.17) is 4.74 Å². The van der Waals surface area contributed by atoms with Crippen molar-refractivity contribution >= 4 is 17.4 Å². The summed E-state index contributed by atoms with van der Waals surface area (Å²) in [5.41, 5.74) is 0.141. The highest BCUT2D eigenvalue weighted by Gasteiger charge is 2.44. The molecule has 27 heavy (non-hydrogen) atoms. The predicted molar refractivity (Wildman–Crippen MR) is 97.0 cm³/mol. The van der Waals surface area contributed by atoms with Crippen LogP contribution in [0.25, 0.3) is 0 Å². The molecule has 138 valence electrons. The molecule has 0 bridgehead atoms. The quantitative estimate of drug-likeness (QED) is 0.601. The Bertz CT molecular complexity index is 917. The van der Waals surface area contributed by atoms with Gasteiger partial charge in [-0.15, -0.1) is 0 Å². The molecular weight excluding hydrogens is 348 g/mol. The number of ketones is 1. The van der Waals surface area contributed by atoms with Gasteiger partial charge in [-0.25, -0.2) is 0 Å². The molecule has 0 saturated carbocycles. The van der Waals surface area contributed by atoms with Crippen LogP contribution in [0.2, 0.25) is 0 Å². The first-order valence-corrected chi connectivity index (χ1v) is 8.82. The first kappa shape index (κ1) is 17.2. The zero-order chi connectivity index (χ0) is 19.0. The molecule has 1 spiro atoms. The molecule has 1 saturated heterocycles. The van der Waals surface area contributed by atoms with Gasteiger partial charge in [0, 0.05) is 43.6 Å². The monoisotopic (exact) mass is 366 g/mol. The number of hydrogen-bond donors (Lipinski definition) is 0. The lowest BCUT2D eigenvalue weighted by Crippen LogP contribution is -2.52. The molecule has 0 N–H and O–H groups in total. The molecule has 7 heteroatoms. The van der Waals surface area contributed by atoms with Crippen LogP contribution in [0.15, 0.2) is 48.5 Å². The molecule has 0 unspecified atom stereocenters. The smallest absolute Gasteiger partial charge is 0.270 e. The fourth-order valence-electron chi connectivity index (χ4n) is 3.76. The number of hydrogen-bond acceptors (Lipinski definition) is 5. The van der Waals surface area contributed by atoms with Crippen LogP contribution in [-0.4, -0.2) is 40.2 Å². The molecule has 0 aliphatic carbocycles. The maximum atomic E-state index is 12.6. The number of fused-ring (bicyclic) bond motifs is 1. The van der Waals surface area contributed by atoms with Gasteiger partial charge in [0.25, 0.3) is 11.6 Å². The summed E-state index contributed by atoms with van der Waals surface area (Å²) in [6.45, 7) is 1.01. The van der Waals surface area contributed by atoms with Crippen molar-refractivity contribution < 1.29 is 19.2 Å². The van der Waals surface area contributed by atoms with Crippen LogP contribution in [0.3, 0.4) is 0 Å². The van der Waals surface area contributed by atoms with Crippen LogP contribution in [0.1, 0.15) is 40.0 Å². The molecule has 2 aromatic carbocycles. The van der Waals surface area contributed by atoms with E-state index in [1.54, 1.807) is 17.0 Å². The van der Waals surface area contributed by atoms with Crippen molar-refractivity contribution in [3.05, 3.63) is 69.8 Å². The van der Waals surface area contributed by atoms with Crippen LogP contribution in [0.4, 0.5) is 5.69 Å². The Morgan fingerprint density at radius 1 is 1.11 bits per heavy atom. The van der Waals surface area contributed by atoms with Gasteiger partial charge < -0.3 is 9.64 Å². The van der Waals surface area contributed by atoms with E-state index in [0.29, 0.717) is 37.2 Å². The molecule has 2 aliphatic rings. The van der Waals surface area contributed by atoms with Gasteiger partial charge in [-0.2, -0.15) is 0 Å². The minimum absolute atomic E-state index is 0.0244. The Morgan fingerprint density at radius 3 is 2.48 bits per heavy atom. The summed E-state index contributed by atoms with van der Waals surface area (Å²) in [4.78, 5) is 37.4. The van der Waals surface area contributed by atoms with E-state index in [0.717, 1.165) is 0 Å². The largest absolute Gasteiger partial charge is 0.486 e. The van der Waals surface area contributed by atoms with Crippen molar-refractivity contribution in [2.24, 2.45) is 0 Å². The van der Waals surface area contributed by atoms with Gasteiger partial charge in [-0.3, -0.25) is 19.7 Å². The van der Waals surface area contributed by atoms with Gasteiger partial charge in [0.15, 0.2) is 5.78 Å². The van der Waals surface area contributed by atoms with E-state index in [9.17, 15) is 19.7 Å². The summed E-state index contributed by atoms with van der Waals surface area (Å²) < 4.78 is 6.12. The molecule has 7 nitrogen and oxygen atoms in total. The summed E-state index contributed by atoms with van der Waals surface area (Å²) in [6, 6.07) is 13.2. The lowest BCUT2D eigenvalue weighted by molar-refractivity contribution is -0.384. The standard InChI is InChI=1S/C20H18N2O5/c23-17-13-20(27-18-7-6-15(22(25)26)12-16(17)18)8-10-21(11-9-20)19(24)14-4-2-1-3-5-14/h1-7,12H,8-11,13H2. The third kappa shape index (κ3) is 3.16. The van der Waals surface area contributed by atoms with E-state index >= 15 is 0 Å². The van der Waals surface area contributed by atoms with Gasteiger partial charge in [0.2, 0.25) is 0 Å². The topological polar surface area (TPSA) is 89.8 Å². The SMILES string of the molecule is O=C1CC2(CCN(C(=O)c3ccccc3)CC2)Oc2ccc([N+](=O)[O-])cc21. The number of non-ortho nitro benzene ring substituents is 1. The minimum Gasteiger partial charge on any atom is -0.486 e. The maximum absolute atomic E-state index is 12.6. The Morgan fingerprint density at radius 2 is 1.81 bits per heavy atom. The maximum Gasteiger partial charge on any atom is 0.270 e. The fraction of sp³-hybridized carbons (Fsp3) is 0.300. The summed E-state index contributed by atoms with van der Waals surface area (Å²) in [5, 5.41) is 10.9. The number of nitro benzene ring substituents is 1. The number of nitrogens with zero attached hydrogens (tertiary/aromatic N) is 2. The Hall–Kier alpha value is -3.22. The van der Waals surface area contributed by atoms with Gasteiger partial charge in [0.1, 0.15) is 11.4 Å². The molecule has 0 aromatic heterocycles. The second kappa shape index (κ2) is 6.50. The van der Waals surface area contributed by atoms with Crippen molar-refractivity contribution in [3.8, 4) is 5.75 Å². The summed E-state index contributed by atoms with van der Waals surface area (Å²) in [5.74, 6) is 0.214. The number of piperidine rings is 1. The highest BCUT2D eigenvalue weighted by atomic mass is 16.6. The van der Waals surface area contributed by atoms with Crippen LogP contribution >= 0.6 is 0 Å². The first-order valence-electron chi connectivity index (χ1n) is 8.82. The number of nitro groups is 1. The number of ether oxygens (including phenoxy) is 1. The van der Waals surface area contributed by atoms with E-state index < -0.39 is 10.5 Å². The highest BCUT2D eigenvalue weighted by molar-refractivity contribution is 6.01. The third-order valence-electron chi connectivity index (χ3n) is 5.27. The van der Waals surface area contributed by atoms with E-state index in [1.165, 1.54) is 18.2 Å². The van der Waals surface area contributed by atoms with Crippen molar-refractivity contribution in [2.75, 3.05) is 13.1 Å². The summed E-state index contributed by atoms with van der Waals surface area (Å²) in [7, 11) is 0. The van der Waals surface area contributed by atoms with Crippen LogP contribution in [0, 0.1) is 10.1 Å². The fourth-order valence-corrected chi connectivity index (χ4v) is 3.76. The van der Waals surface area contributed by atoms with Crippen LogP contribution < -0.4 is 4.74 Å². The Labute approximate surface area is 155 Å². The van der Waals surface area contributed by atoms with Gasteiger partial charge in [0.05, 0.1) is 16.9 Å². The zero-order valence-corrected chi connectivity index (χ0v) is 14.6. The molecule has 0 atom stereocenters. The number of carbonyl (C=O) groups excluding carboxylic acids is 2. The molecule has 0 radical (unpaired) electrons. The molecule has 2 aliphatic heterocycles. The molecule has 2 heterocycles. The molecule has 2 aromatic rings. The number of benzene rings is 2. The lowest BCUT2D eigenvalue weighted by atomic mass is 9.82. The average molecular weight is 366 g/mol. The van der Waals surface area contributed by atoms with Crippen molar-refractivity contribution in [1.82, 2.24) is 4.90 Å². The van der Waals surface area contributed by atoms with Gasteiger partial charge >= 0.3 is 0 Å². The lowest BCUT2D eigenvalue weighted by Gasteiger charge is -2.43. The predicted octanol–water partition coefficient (Wildman–Crippen LogP) is 3.24. The zero-order valence-electron chi connectivity index (χ0n) is 14.6. The van der Waals surface area contributed by atoms with Crippen LogP contribution in [0.5, 0.6) is 5.75 Å². The van der Waals surface area contributed by atoms with Crippen LogP contribution in [-0.2, 0) is 0 Å². The summed E-state index contributed by atoms with van der Waals surface area (Å²) in [6.07, 6.45) is 1.27. The molecule has 4 rings (SSSR count). The van der Waals surface area contributed by atoms with Gasteiger partial charge in [-0.05, 0) is 18.2 Å². The Kier molecular flexibility index (Phi) is 4.14. The normalized spacial score (nSPS) is 17.9. The van der Waals surface area contributed by atoms with Crippen molar-refractivity contribution in [1.29, 1.82) is 0 Å². The summed E-state index contributed by atoms with van der Waals surface area (Å²) >= 11 is 0. The second-order valence-corrected chi connectivity index (χ2v) is 6.98. The minimum atomic E-state index is -0.645. The van der Waals surface area contributed by atoms with Gasteiger partial charge in [-0.1, -0.05) is 18.2 Å². The van der Waals surface area contributed by atoms with E-state index in [2.05, 4.69) is 0 Å². The first-order chi connectivity index (χ1) is 13.0. The highest BCUT2D eigenvalue weighted by Crippen LogP contribution is 2.40. The Balaban J connectivity index is 1.50. The number of likely N-dealkylation sites (tertiary alicyclic amines) is 1. The molecular formula is C20H18N2O5. The molecule has 1 fully saturated rings. The average Bonchev–Trinajstić information content (AvgIpc) is 2.68. The number of Topliss-reactive ketones (excluding diaryl/α,β-unsaturated/α-hetero) is 1. The van der Waals surface area contributed by atoms with Crippen molar-refractivity contribution in [2.45, 2.75) is 24.9 Å².